The van der Waals surface area contributed by atoms with Crippen molar-refractivity contribution in [3.8, 4) is 28.3 Å². The van der Waals surface area contributed by atoms with Crippen molar-refractivity contribution in [1.82, 2.24) is 0 Å². The van der Waals surface area contributed by atoms with Crippen LogP contribution in [0.3, 0.4) is 0 Å². The Labute approximate surface area is 368 Å². The third-order valence-electron chi connectivity index (χ3n) is 9.28. The van der Waals surface area contributed by atoms with Crippen LogP contribution in [0, 0.1) is 23.2 Å². The number of nitriles is 1. The van der Waals surface area contributed by atoms with Crippen LogP contribution in [0.2, 0.25) is 0 Å². The van der Waals surface area contributed by atoms with Crippen LogP contribution in [0.1, 0.15) is 27.1 Å². The summed E-state index contributed by atoms with van der Waals surface area (Å²) >= 11 is 5.36. The summed E-state index contributed by atoms with van der Waals surface area (Å²) in [7, 11) is -7.40. The largest absolute Gasteiger partial charge is 1.00 e. The standard InChI is InChI=1S/C20H13F3N2O2S2.C19H13BrF3NO2S2.CN.Cu/c21-20(22,23)16-4-1-13(2-5-16)14-3-7-18-15(11-14)9-10-25(18)29(26,27)19-8-6-17(12-24)28-19;20-17-7-8-18(27-17)28(25,26)24-10-9-14-11-13(3-6-16(14)24)12-1-4-15(5-2-12)19(21,22)23;1-2;/h1-8,11H,9-10H2;1-8,11H,9-10H2;;/q;;-1;+1. The van der Waals surface area contributed by atoms with Gasteiger partial charge in [-0.2, -0.15) is 31.6 Å². The third-order valence-corrected chi connectivity index (χ3v) is 16.5. The summed E-state index contributed by atoms with van der Waals surface area (Å²) in [6.07, 6.45) is -7.71. The summed E-state index contributed by atoms with van der Waals surface area (Å²) in [6.45, 7) is 5.36. The molecule has 2 aliphatic rings. The molecule has 0 spiro atoms. The average molecular weight is 1010 g/mol. The predicted molar refractivity (Wildman–Crippen MR) is 216 cm³/mol. The van der Waals surface area contributed by atoms with Crippen LogP contribution >= 0.6 is 38.6 Å². The normalized spacial score (nSPS) is 13.5. The minimum atomic E-state index is -4.39. The molecule has 6 aromatic rings. The van der Waals surface area contributed by atoms with Gasteiger partial charge in [0.15, 0.2) is 0 Å². The second-order valence-electron chi connectivity index (χ2n) is 12.8. The van der Waals surface area contributed by atoms with Crippen molar-refractivity contribution >= 4 is 70.0 Å². The molecule has 0 unspecified atom stereocenters. The Morgan fingerprint density at radius 1 is 0.583 bits per heavy atom. The maximum Gasteiger partial charge on any atom is 1.00 e. The van der Waals surface area contributed by atoms with Gasteiger partial charge < -0.3 is 11.8 Å². The van der Waals surface area contributed by atoms with Gasteiger partial charge in [0.1, 0.15) is 19.4 Å². The molecule has 4 aromatic carbocycles. The van der Waals surface area contributed by atoms with Crippen molar-refractivity contribution in [2.45, 2.75) is 33.6 Å². The molecule has 20 heteroatoms. The van der Waals surface area contributed by atoms with E-state index in [9.17, 15) is 43.2 Å². The van der Waals surface area contributed by atoms with E-state index < -0.39 is 43.5 Å². The Balaban J connectivity index is 0.000000215. The summed E-state index contributed by atoms with van der Waals surface area (Å²) in [5, 5.41) is 15.2. The van der Waals surface area contributed by atoms with Crippen molar-refractivity contribution in [1.29, 1.82) is 10.5 Å². The third kappa shape index (κ3) is 9.61. The first kappa shape index (κ1) is 46.4. The van der Waals surface area contributed by atoms with Gasteiger partial charge in [-0.25, -0.2) is 16.8 Å². The number of anilines is 2. The van der Waals surface area contributed by atoms with E-state index >= 15 is 0 Å². The molecule has 0 fully saturated rings. The van der Waals surface area contributed by atoms with Gasteiger partial charge >= 0.3 is 29.4 Å². The molecule has 0 amide bonds. The van der Waals surface area contributed by atoms with Crippen molar-refractivity contribution in [2.75, 3.05) is 21.7 Å². The van der Waals surface area contributed by atoms with Gasteiger partial charge in [-0.05, 0) is 135 Å². The summed E-state index contributed by atoms with van der Waals surface area (Å²) in [5.74, 6) is 0. The van der Waals surface area contributed by atoms with Crippen LogP contribution < -0.4 is 8.61 Å². The first-order valence-electron chi connectivity index (χ1n) is 17.0. The number of hydrogen-bond acceptors (Lipinski definition) is 8. The van der Waals surface area contributed by atoms with E-state index in [1.807, 2.05) is 18.2 Å². The van der Waals surface area contributed by atoms with Crippen LogP contribution in [-0.2, 0) is 62.3 Å². The minimum Gasteiger partial charge on any atom is -0.512 e. The molecule has 2 aromatic heterocycles. The average Bonchev–Trinajstić information content (AvgIpc) is 4.04. The molecule has 8 rings (SSSR count). The fourth-order valence-electron chi connectivity index (χ4n) is 6.48. The van der Waals surface area contributed by atoms with E-state index in [0.717, 1.165) is 73.0 Å². The molecular weight excluding hydrogens is 986 g/mol. The topological polar surface area (TPSA) is 122 Å². The number of halogens is 7. The van der Waals surface area contributed by atoms with E-state index in [2.05, 4.69) is 15.9 Å². The summed E-state index contributed by atoms with van der Waals surface area (Å²) in [6, 6.07) is 28.4. The Kier molecular flexibility index (Phi) is 14.0. The molecular formula is C40H26BrCuF6N4O4S4. The number of nitrogens with zero attached hydrogens (tertiary/aromatic N) is 4. The van der Waals surface area contributed by atoms with Crippen LogP contribution in [0.25, 0.3) is 22.3 Å². The van der Waals surface area contributed by atoms with E-state index in [1.54, 1.807) is 36.4 Å². The molecule has 2 aliphatic heterocycles. The number of hydrogen-bond donors (Lipinski definition) is 0. The Morgan fingerprint density at radius 2 is 0.967 bits per heavy atom. The van der Waals surface area contributed by atoms with Crippen molar-refractivity contribution in [2.24, 2.45) is 0 Å². The van der Waals surface area contributed by atoms with Gasteiger partial charge in [0, 0.05) is 13.1 Å². The zero-order valence-corrected chi connectivity index (χ0v) is 36.0. The molecule has 0 saturated heterocycles. The molecule has 4 heterocycles. The molecule has 0 bridgehead atoms. The van der Waals surface area contributed by atoms with Gasteiger partial charge in [0.05, 0.1) is 26.3 Å². The smallest absolute Gasteiger partial charge is 0.512 e. The zero-order chi connectivity index (χ0) is 42.9. The van der Waals surface area contributed by atoms with E-state index in [0.29, 0.717) is 46.8 Å². The quantitative estimate of drug-likeness (QED) is 0.0930. The summed E-state index contributed by atoms with van der Waals surface area (Å²) < 4.78 is 132. The molecule has 314 valence electrons. The second kappa shape index (κ2) is 18.1. The molecule has 0 radical (unpaired) electrons. The van der Waals surface area contributed by atoms with Crippen LogP contribution in [0.4, 0.5) is 37.7 Å². The minimum absolute atomic E-state index is 0. The van der Waals surface area contributed by atoms with Gasteiger partial charge in [-0.15, -0.1) is 22.7 Å². The fourth-order valence-corrected chi connectivity index (χ4v) is 12.8. The number of fused-ring (bicyclic) bond motifs is 2. The number of rotatable bonds is 6. The van der Waals surface area contributed by atoms with Gasteiger partial charge in [-0.3, -0.25) is 8.61 Å². The van der Waals surface area contributed by atoms with Crippen LogP contribution in [0.15, 0.2) is 121 Å². The van der Waals surface area contributed by atoms with E-state index in [4.69, 9.17) is 17.1 Å². The van der Waals surface area contributed by atoms with E-state index in [-0.39, 0.29) is 32.0 Å². The Bertz CT molecular complexity index is 2800. The number of alkyl halides is 6. The second-order valence-corrected chi connectivity index (χ2v) is 20.5. The summed E-state index contributed by atoms with van der Waals surface area (Å²) in [4.78, 5) is 0.320. The Morgan fingerprint density at radius 3 is 1.32 bits per heavy atom. The van der Waals surface area contributed by atoms with Crippen LogP contribution in [-0.4, -0.2) is 29.9 Å². The number of benzene rings is 4. The van der Waals surface area contributed by atoms with Crippen molar-refractivity contribution < 1.29 is 60.2 Å². The first-order chi connectivity index (χ1) is 27.9. The molecule has 60 heavy (non-hydrogen) atoms. The molecule has 0 saturated carbocycles. The van der Waals surface area contributed by atoms with Gasteiger partial charge in [0.25, 0.3) is 20.0 Å². The van der Waals surface area contributed by atoms with Crippen LogP contribution in [0.5, 0.6) is 0 Å². The molecule has 0 aliphatic carbocycles. The maximum absolute atomic E-state index is 12.9. The molecule has 8 nitrogen and oxygen atoms in total. The summed E-state index contributed by atoms with van der Waals surface area (Å²) in [5.41, 5.74) is 4.17. The van der Waals surface area contributed by atoms with Gasteiger partial charge in [-0.1, -0.05) is 36.4 Å². The first-order valence-corrected chi connectivity index (χ1v) is 22.3. The fraction of sp³-hybridized carbons (Fsp3) is 0.150. The predicted octanol–water partition coefficient (Wildman–Crippen LogP) is 11.1. The zero-order valence-electron chi connectivity index (χ0n) is 30.2. The number of sulfonamides is 2. The molecule has 0 N–H and O–H groups in total. The SMILES string of the molecule is N#Cc1ccc(S(=O)(=O)N2CCc3cc(-c4ccc(C(F)(F)F)cc4)ccc32)s1.O=S(=O)(c1ccc(Br)s1)N1CCc2cc(-c3ccc(C(F)(F)F)cc3)ccc21.[C-]#N.[Cu+]. The van der Waals surface area contributed by atoms with E-state index in [1.165, 1.54) is 45.0 Å². The number of thiophene rings is 2. The maximum atomic E-state index is 12.9. The molecule has 0 atom stereocenters. The van der Waals surface area contributed by atoms with Gasteiger partial charge in [0.2, 0.25) is 0 Å². The van der Waals surface area contributed by atoms with Crippen molar-refractivity contribution in [3.63, 3.8) is 0 Å². The monoisotopic (exact) mass is 1010 g/mol. The Hall–Kier alpha value is -4.66. The van der Waals surface area contributed by atoms with Crippen molar-refractivity contribution in [3.05, 3.63) is 147 Å².